The van der Waals surface area contributed by atoms with Crippen LogP contribution in [0.2, 0.25) is 0 Å². The Balaban J connectivity index is 1.45. The number of hydrogen-bond acceptors (Lipinski definition) is 4. The van der Waals surface area contributed by atoms with Crippen LogP contribution in [0.25, 0.3) is 0 Å². The molecule has 3 fully saturated rings. The molecule has 5 heteroatoms. The molecule has 0 unspecified atom stereocenters. The third kappa shape index (κ3) is 3.35. The Kier molecular flexibility index (Phi) is 4.61. The molecule has 1 N–H and O–H groups in total. The molecule has 3 aliphatic rings. The molecule has 3 saturated heterocycles. The second kappa shape index (κ2) is 6.62. The highest BCUT2D eigenvalue weighted by Crippen LogP contribution is 2.39. The summed E-state index contributed by atoms with van der Waals surface area (Å²) in [5.41, 5.74) is 0.922. The van der Waals surface area contributed by atoms with Crippen molar-refractivity contribution in [3.63, 3.8) is 0 Å². The predicted octanol–water partition coefficient (Wildman–Crippen LogP) is 1.79. The molecule has 0 bridgehead atoms. The predicted molar refractivity (Wildman–Crippen MR) is 96.8 cm³/mol. The van der Waals surface area contributed by atoms with E-state index in [9.17, 15) is 9.50 Å². The standard InChI is InChI=1S/C20H30FN3O/c1-15(2)8-22-10-17-7-18(25)11-24(17)20(12-22)13-23(14-20)9-16-5-3-4-6-19(16)21/h3-6,15,17-18,25H,7-14H2,1-2H3/t17-,18+/m0/s1. The maximum atomic E-state index is 13.9. The molecule has 25 heavy (non-hydrogen) atoms. The number of fused-ring (bicyclic) bond motifs is 2. The van der Waals surface area contributed by atoms with Gasteiger partial charge in [-0.15, -0.1) is 0 Å². The second-order valence-corrected chi connectivity index (χ2v) is 8.74. The van der Waals surface area contributed by atoms with Crippen molar-refractivity contribution in [1.82, 2.24) is 14.7 Å². The number of β-amino-alcohol motifs (C(OH)–C–C–N with tert-alkyl or cyclic N) is 1. The largest absolute Gasteiger partial charge is 0.392 e. The van der Waals surface area contributed by atoms with E-state index in [1.165, 1.54) is 0 Å². The molecule has 0 radical (unpaired) electrons. The zero-order chi connectivity index (χ0) is 17.6. The van der Waals surface area contributed by atoms with Crippen LogP contribution in [0.5, 0.6) is 0 Å². The zero-order valence-corrected chi connectivity index (χ0v) is 15.4. The average Bonchev–Trinajstić information content (AvgIpc) is 2.88. The summed E-state index contributed by atoms with van der Waals surface area (Å²) in [6.07, 6.45) is 0.699. The normalized spacial score (nSPS) is 30.0. The van der Waals surface area contributed by atoms with Crippen molar-refractivity contribution in [1.29, 1.82) is 0 Å². The van der Waals surface area contributed by atoms with Crippen LogP contribution in [0.3, 0.4) is 0 Å². The van der Waals surface area contributed by atoms with Gasteiger partial charge in [-0.25, -0.2) is 4.39 Å². The van der Waals surface area contributed by atoms with Crippen molar-refractivity contribution in [2.45, 2.75) is 44.5 Å². The molecule has 138 valence electrons. The molecule has 1 aromatic rings. The van der Waals surface area contributed by atoms with Crippen molar-refractivity contribution in [2.24, 2.45) is 5.92 Å². The summed E-state index contributed by atoms with van der Waals surface area (Å²) in [5, 5.41) is 10.2. The van der Waals surface area contributed by atoms with Crippen LogP contribution >= 0.6 is 0 Å². The zero-order valence-electron chi connectivity index (χ0n) is 15.4. The fourth-order valence-corrected chi connectivity index (χ4v) is 5.22. The van der Waals surface area contributed by atoms with Gasteiger partial charge in [-0.2, -0.15) is 0 Å². The van der Waals surface area contributed by atoms with Crippen LogP contribution in [0, 0.1) is 11.7 Å². The van der Waals surface area contributed by atoms with E-state index in [1.54, 1.807) is 12.1 Å². The number of likely N-dealkylation sites (tertiary alicyclic amines) is 1. The second-order valence-electron chi connectivity index (χ2n) is 8.74. The Morgan fingerprint density at radius 1 is 1.16 bits per heavy atom. The molecule has 1 aromatic carbocycles. The first kappa shape index (κ1) is 17.4. The Hall–Kier alpha value is -1.01. The van der Waals surface area contributed by atoms with Gasteiger partial charge in [0.25, 0.3) is 0 Å². The number of aliphatic hydroxyl groups excluding tert-OH is 1. The smallest absolute Gasteiger partial charge is 0.127 e. The number of rotatable bonds is 4. The fraction of sp³-hybridized carbons (Fsp3) is 0.700. The van der Waals surface area contributed by atoms with Crippen LogP contribution in [0.1, 0.15) is 25.8 Å². The van der Waals surface area contributed by atoms with Gasteiger partial charge in [0, 0.05) is 57.4 Å². The number of piperazine rings is 1. The van der Waals surface area contributed by atoms with Crippen molar-refractivity contribution in [3.8, 4) is 0 Å². The molecule has 3 heterocycles. The minimum atomic E-state index is -0.193. The SMILES string of the molecule is CC(C)CN1C[C@@H]2C[C@@H](O)CN2C2(C1)CN(Cc1ccccc1F)C2. The average molecular weight is 347 g/mol. The summed E-state index contributed by atoms with van der Waals surface area (Å²) >= 11 is 0. The van der Waals surface area contributed by atoms with Crippen LogP contribution < -0.4 is 0 Å². The number of halogens is 1. The Labute approximate surface area is 150 Å². The summed E-state index contributed by atoms with van der Waals surface area (Å²) in [7, 11) is 0. The summed E-state index contributed by atoms with van der Waals surface area (Å²) in [6, 6.07) is 7.55. The molecule has 0 amide bonds. The van der Waals surface area contributed by atoms with E-state index in [4.69, 9.17) is 0 Å². The first-order chi connectivity index (χ1) is 11.9. The fourth-order valence-electron chi connectivity index (χ4n) is 5.22. The van der Waals surface area contributed by atoms with Gasteiger partial charge in [-0.1, -0.05) is 32.0 Å². The first-order valence-electron chi connectivity index (χ1n) is 9.58. The highest BCUT2D eigenvalue weighted by molar-refractivity contribution is 5.20. The Bertz CT molecular complexity index is 617. The Morgan fingerprint density at radius 2 is 1.88 bits per heavy atom. The van der Waals surface area contributed by atoms with E-state index in [1.807, 2.05) is 12.1 Å². The lowest BCUT2D eigenvalue weighted by molar-refractivity contribution is -0.118. The van der Waals surface area contributed by atoms with E-state index in [0.29, 0.717) is 18.5 Å². The molecule has 4 rings (SSSR count). The van der Waals surface area contributed by atoms with Crippen LogP contribution in [0.15, 0.2) is 24.3 Å². The third-order valence-corrected chi connectivity index (χ3v) is 6.00. The molecular formula is C20H30FN3O. The van der Waals surface area contributed by atoms with Gasteiger partial charge < -0.3 is 5.11 Å². The van der Waals surface area contributed by atoms with Crippen molar-refractivity contribution in [2.75, 3.05) is 39.3 Å². The molecule has 1 spiro atoms. The molecule has 0 aliphatic carbocycles. The minimum absolute atomic E-state index is 0.108. The number of nitrogens with zero attached hydrogens (tertiary/aromatic N) is 3. The van der Waals surface area contributed by atoms with Gasteiger partial charge in [-0.3, -0.25) is 14.7 Å². The molecule has 0 aromatic heterocycles. The molecule has 2 atom stereocenters. The summed E-state index contributed by atoms with van der Waals surface area (Å²) in [6.45, 7) is 11.2. The third-order valence-electron chi connectivity index (χ3n) is 6.00. The lowest BCUT2D eigenvalue weighted by atomic mass is 9.83. The van der Waals surface area contributed by atoms with E-state index in [2.05, 4.69) is 28.5 Å². The molecule has 4 nitrogen and oxygen atoms in total. The monoisotopic (exact) mass is 347 g/mol. The number of benzene rings is 1. The topological polar surface area (TPSA) is 30.0 Å². The van der Waals surface area contributed by atoms with Crippen molar-refractivity contribution in [3.05, 3.63) is 35.6 Å². The van der Waals surface area contributed by atoms with Crippen LogP contribution in [0.4, 0.5) is 4.39 Å². The molecule has 0 saturated carbocycles. The van der Waals surface area contributed by atoms with Crippen molar-refractivity contribution < 1.29 is 9.50 Å². The summed E-state index contributed by atoms with van der Waals surface area (Å²) in [5.74, 6) is 0.549. The Morgan fingerprint density at radius 3 is 2.60 bits per heavy atom. The maximum Gasteiger partial charge on any atom is 0.127 e. The van der Waals surface area contributed by atoms with Gasteiger partial charge in [0.2, 0.25) is 0 Å². The van der Waals surface area contributed by atoms with Crippen LogP contribution in [-0.2, 0) is 6.54 Å². The van der Waals surface area contributed by atoms with E-state index < -0.39 is 0 Å². The lowest BCUT2D eigenvalue weighted by Gasteiger charge is -2.61. The maximum absolute atomic E-state index is 13.9. The minimum Gasteiger partial charge on any atom is -0.392 e. The highest BCUT2D eigenvalue weighted by Gasteiger charge is 2.55. The van der Waals surface area contributed by atoms with E-state index in [0.717, 1.165) is 51.3 Å². The highest BCUT2D eigenvalue weighted by atomic mass is 19.1. The van der Waals surface area contributed by atoms with Gasteiger partial charge in [0.05, 0.1) is 11.6 Å². The molecular weight excluding hydrogens is 317 g/mol. The summed E-state index contributed by atoms with van der Waals surface area (Å²) in [4.78, 5) is 7.50. The van der Waals surface area contributed by atoms with Crippen molar-refractivity contribution >= 4 is 0 Å². The van der Waals surface area contributed by atoms with Gasteiger partial charge >= 0.3 is 0 Å². The number of aliphatic hydroxyl groups is 1. The van der Waals surface area contributed by atoms with E-state index >= 15 is 0 Å². The van der Waals surface area contributed by atoms with Crippen LogP contribution in [-0.4, -0.2) is 76.8 Å². The quantitative estimate of drug-likeness (QED) is 0.899. The van der Waals surface area contributed by atoms with E-state index in [-0.39, 0.29) is 17.5 Å². The van der Waals surface area contributed by atoms with Gasteiger partial charge in [-0.05, 0) is 18.4 Å². The molecule has 3 aliphatic heterocycles. The lowest BCUT2D eigenvalue weighted by Crippen LogP contribution is -2.77. The van der Waals surface area contributed by atoms with Gasteiger partial charge in [0.15, 0.2) is 0 Å². The first-order valence-corrected chi connectivity index (χ1v) is 9.58. The summed E-state index contributed by atoms with van der Waals surface area (Å²) < 4.78 is 13.9. The number of hydrogen-bond donors (Lipinski definition) is 1. The van der Waals surface area contributed by atoms with Gasteiger partial charge in [0.1, 0.15) is 5.82 Å².